The van der Waals surface area contributed by atoms with E-state index < -0.39 is 22.8 Å². The number of nitro benzene ring substituents is 1. The Bertz CT molecular complexity index is 595. The number of amides is 1. The van der Waals surface area contributed by atoms with Crippen LogP contribution in [0.25, 0.3) is 0 Å². The van der Waals surface area contributed by atoms with Crippen molar-refractivity contribution in [1.29, 1.82) is 0 Å². The van der Waals surface area contributed by atoms with Gasteiger partial charge >= 0.3 is 5.97 Å². The second-order valence-corrected chi connectivity index (χ2v) is 5.33. The van der Waals surface area contributed by atoms with Crippen LogP contribution in [0.1, 0.15) is 35.2 Å². The monoisotopic (exact) mass is 292 g/mol. The van der Waals surface area contributed by atoms with E-state index in [0.717, 1.165) is 12.8 Å². The van der Waals surface area contributed by atoms with Crippen LogP contribution in [-0.2, 0) is 4.79 Å². The van der Waals surface area contributed by atoms with Crippen molar-refractivity contribution in [1.82, 2.24) is 5.32 Å². The number of benzene rings is 1. The molecule has 1 aromatic carbocycles. The molecule has 0 aliphatic heterocycles. The normalized spacial score (nSPS) is 15.3. The van der Waals surface area contributed by atoms with E-state index in [4.69, 9.17) is 5.11 Å². The van der Waals surface area contributed by atoms with Crippen molar-refractivity contribution >= 4 is 17.6 Å². The number of non-ortho nitro benzene ring substituents is 1. The lowest BCUT2D eigenvalue weighted by atomic mass is 10.1. The lowest BCUT2D eigenvalue weighted by Gasteiger charge is -2.16. The molecule has 0 heterocycles. The Labute approximate surface area is 121 Å². The Morgan fingerprint density at radius 1 is 1.43 bits per heavy atom. The Hall–Kier alpha value is -2.44. The Kier molecular flexibility index (Phi) is 4.21. The van der Waals surface area contributed by atoms with Crippen molar-refractivity contribution in [3.8, 4) is 0 Å². The summed E-state index contributed by atoms with van der Waals surface area (Å²) in [6, 6.07) is 3.71. The molecule has 1 atom stereocenters. The Morgan fingerprint density at radius 3 is 2.62 bits per heavy atom. The second-order valence-electron chi connectivity index (χ2n) is 5.33. The molecule has 0 bridgehead atoms. The maximum Gasteiger partial charge on any atom is 0.305 e. The first-order chi connectivity index (χ1) is 9.86. The van der Waals surface area contributed by atoms with Gasteiger partial charge < -0.3 is 10.4 Å². The summed E-state index contributed by atoms with van der Waals surface area (Å²) in [6.07, 6.45) is 1.66. The molecule has 112 valence electrons. The van der Waals surface area contributed by atoms with Gasteiger partial charge in [0, 0.05) is 23.7 Å². The number of hydrogen-bond donors (Lipinski definition) is 2. The highest BCUT2D eigenvalue weighted by atomic mass is 16.6. The zero-order chi connectivity index (χ0) is 15.6. The molecular weight excluding hydrogens is 276 g/mol. The highest BCUT2D eigenvalue weighted by molar-refractivity contribution is 5.95. The van der Waals surface area contributed by atoms with Gasteiger partial charge in [-0.3, -0.25) is 19.7 Å². The third kappa shape index (κ3) is 4.01. The summed E-state index contributed by atoms with van der Waals surface area (Å²) in [5.74, 6) is -1.26. The Balaban J connectivity index is 2.15. The number of aryl methyl sites for hydroxylation is 1. The van der Waals surface area contributed by atoms with E-state index in [0.29, 0.717) is 5.56 Å². The van der Waals surface area contributed by atoms with Gasteiger partial charge in [0.05, 0.1) is 11.3 Å². The van der Waals surface area contributed by atoms with Crippen molar-refractivity contribution in [2.24, 2.45) is 5.92 Å². The molecule has 2 rings (SSSR count). The third-order valence-electron chi connectivity index (χ3n) is 3.44. The maximum atomic E-state index is 12.2. The second kappa shape index (κ2) is 5.90. The summed E-state index contributed by atoms with van der Waals surface area (Å²) in [5, 5.41) is 22.4. The highest BCUT2D eigenvalue weighted by Gasteiger charge is 2.34. The maximum absolute atomic E-state index is 12.2. The highest BCUT2D eigenvalue weighted by Crippen LogP contribution is 2.34. The molecule has 7 heteroatoms. The van der Waals surface area contributed by atoms with Gasteiger partial charge in [-0.25, -0.2) is 0 Å². The first kappa shape index (κ1) is 15.0. The van der Waals surface area contributed by atoms with Gasteiger partial charge in [0.25, 0.3) is 11.6 Å². The molecule has 1 unspecified atom stereocenters. The molecule has 1 amide bonds. The summed E-state index contributed by atoms with van der Waals surface area (Å²) < 4.78 is 0. The number of rotatable bonds is 6. The van der Waals surface area contributed by atoms with E-state index in [9.17, 15) is 19.7 Å². The summed E-state index contributed by atoms with van der Waals surface area (Å²) in [4.78, 5) is 33.2. The number of nitrogens with one attached hydrogen (secondary N) is 1. The standard InChI is InChI=1S/C14H16N2O5/c1-8-4-10(6-11(5-8)16(20)21)14(19)15-12(7-13(17)18)9-2-3-9/h4-6,9,12H,2-3,7H2,1H3,(H,15,19)(H,17,18). The molecule has 0 radical (unpaired) electrons. The van der Waals surface area contributed by atoms with Gasteiger partial charge in [-0.15, -0.1) is 0 Å². The van der Waals surface area contributed by atoms with Crippen molar-refractivity contribution < 1.29 is 19.6 Å². The quantitative estimate of drug-likeness (QED) is 0.614. The Morgan fingerprint density at radius 2 is 2.10 bits per heavy atom. The largest absolute Gasteiger partial charge is 0.481 e. The number of carboxylic acid groups (broad SMARTS) is 1. The molecule has 1 saturated carbocycles. The molecule has 1 aliphatic rings. The molecule has 1 aliphatic carbocycles. The number of aliphatic carboxylic acids is 1. The molecule has 0 saturated heterocycles. The molecular formula is C14H16N2O5. The topological polar surface area (TPSA) is 110 Å². The number of carboxylic acids is 1. The van der Waals surface area contributed by atoms with Crippen LogP contribution in [0.4, 0.5) is 5.69 Å². The van der Waals surface area contributed by atoms with Crippen LogP contribution in [0.5, 0.6) is 0 Å². The average Bonchev–Trinajstić information content (AvgIpc) is 3.20. The number of carbonyl (C=O) groups excluding carboxylic acids is 1. The number of hydrogen-bond acceptors (Lipinski definition) is 4. The van der Waals surface area contributed by atoms with E-state index in [1.165, 1.54) is 12.1 Å². The predicted octanol–water partition coefficient (Wildman–Crippen LogP) is 1.89. The van der Waals surface area contributed by atoms with E-state index in [1.807, 2.05) is 0 Å². The van der Waals surface area contributed by atoms with Crippen LogP contribution in [0.2, 0.25) is 0 Å². The summed E-state index contributed by atoms with van der Waals surface area (Å²) in [5.41, 5.74) is 0.634. The van der Waals surface area contributed by atoms with Crippen molar-refractivity contribution in [2.45, 2.75) is 32.2 Å². The molecule has 2 N–H and O–H groups in total. The minimum absolute atomic E-state index is 0.135. The molecule has 1 aromatic rings. The van der Waals surface area contributed by atoms with E-state index in [-0.39, 0.29) is 23.6 Å². The summed E-state index contributed by atoms with van der Waals surface area (Å²) in [7, 11) is 0. The van der Waals surface area contributed by atoms with Crippen LogP contribution < -0.4 is 5.32 Å². The van der Waals surface area contributed by atoms with Crippen molar-refractivity contribution in [3.05, 3.63) is 39.4 Å². The molecule has 7 nitrogen and oxygen atoms in total. The lowest BCUT2D eigenvalue weighted by Crippen LogP contribution is -2.38. The van der Waals surface area contributed by atoms with Crippen LogP contribution in [0, 0.1) is 23.0 Å². The molecule has 0 aromatic heterocycles. The first-order valence-electron chi connectivity index (χ1n) is 6.65. The predicted molar refractivity (Wildman–Crippen MR) is 74.1 cm³/mol. The zero-order valence-corrected chi connectivity index (χ0v) is 11.5. The van der Waals surface area contributed by atoms with Crippen LogP contribution >= 0.6 is 0 Å². The van der Waals surface area contributed by atoms with Crippen LogP contribution in [0.3, 0.4) is 0 Å². The minimum Gasteiger partial charge on any atom is -0.481 e. The molecule has 21 heavy (non-hydrogen) atoms. The fourth-order valence-corrected chi connectivity index (χ4v) is 2.27. The van der Waals surface area contributed by atoms with Gasteiger partial charge in [0.1, 0.15) is 0 Å². The minimum atomic E-state index is -0.970. The first-order valence-corrected chi connectivity index (χ1v) is 6.65. The number of nitro groups is 1. The lowest BCUT2D eigenvalue weighted by molar-refractivity contribution is -0.384. The molecule has 1 fully saturated rings. The number of nitrogens with zero attached hydrogens (tertiary/aromatic N) is 1. The fourth-order valence-electron chi connectivity index (χ4n) is 2.27. The zero-order valence-electron chi connectivity index (χ0n) is 11.5. The smallest absolute Gasteiger partial charge is 0.305 e. The van der Waals surface area contributed by atoms with E-state index in [2.05, 4.69) is 5.32 Å². The van der Waals surface area contributed by atoms with Crippen molar-refractivity contribution in [2.75, 3.05) is 0 Å². The molecule has 0 spiro atoms. The van der Waals surface area contributed by atoms with Crippen LogP contribution in [-0.4, -0.2) is 27.9 Å². The van der Waals surface area contributed by atoms with E-state index in [1.54, 1.807) is 13.0 Å². The number of carbonyl (C=O) groups is 2. The van der Waals surface area contributed by atoms with Gasteiger partial charge in [0.2, 0.25) is 0 Å². The van der Waals surface area contributed by atoms with Crippen LogP contribution in [0.15, 0.2) is 18.2 Å². The SMILES string of the molecule is Cc1cc(C(=O)NC(CC(=O)O)C2CC2)cc([N+](=O)[O-])c1. The van der Waals surface area contributed by atoms with Gasteiger partial charge in [0.15, 0.2) is 0 Å². The van der Waals surface area contributed by atoms with Crippen molar-refractivity contribution in [3.63, 3.8) is 0 Å². The fraction of sp³-hybridized carbons (Fsp3) is 0.429. The van der Waals surface area contributed by atoms with E-state index >= 15 is 0 Å². The average molecular weight is 292 g/mol. The summed E-state index contributed by atoms with van der Waals surface area (Å²) in [6.45, 7) is 1.67. The van der Waals surface area contributed by atoms with Gasteiger partial charge in [-0.2, -0.15) is 0 Å². The summed E-state index contributed by atoms with van der Waals surface area (Å²) >= 11 is 0. The van der Waals surface area contributed by atoms with Gasteiger partial charge in [-0.1, -0.05) is 0 Å². The third-order valence-corrected chi connectivity index (χ3v) is 3.44. The van der Waals surface area contributed by atoms with Gasteiger partial charge in [-0.05, 0) is 37.3 Å².